The van der Waals surface area contributed by atoms with Crippen molar-refractivity contribution in [2.24, 2.45) is 0 Å². The van der Waals surface area contributed by atoms with Crippen molar-refractivity contribution in [3.05, 3.63) is 60.6 Å². The van der Waals surface area contributed by atoms with Crippen molar-refractivity contribution in [2.45, 2.75) is 19.9 Å². The predicted molar refractivity (Wildman–Crippen MR) is 149 cm³/mol. The van der Waals surface area contributed by atoms with Gasteiger partial charge in [0, 0.05) is 45.0 Å². The molecule has 3 N–H and O–H groups in total. The van der Waals surface area contributed by atoms with Gasteiger partial charge in [0.05, 0.1) is 4.88 Å². The lowest BCUT2D eigenvalue weighted by molar-refractivity contribution is -0.135. The van der Waals surface area contributed by atoms with Gasteiger partial charge >= 0.3 is 0 Å². The van der Waals surface area contributed by atoms with E-state index in [1.807, 2.05) is 62.4 Å². The lowest BCUT2D eigenvalue weighted by atomic mass is 10.2. The molecule has 3 aromatic rings. The Morgan fingerprint density at radius 1 is 1.08 bits per heavy atom. The zero-order valence-corrected chi connectivity index (χ0v) is 22.7. The summed E-state index contributed by atoms with van der Waals surface area (Å²) in [7, 11) is 5.46. The van der Waals surface area contributed by atoms with E-state index in [0.29, 0.717) is 37.1 Å². The van der Waals surface area contributed by atoms with Gasteiger partial charge < -0.3 is 25.8 Å². The molecule has 196 valence electrons. The fourth-order valence-corrected chi connectivity index (χ4v) is 4.10. The third-order valence-corrected chi connectivity index (χ3v) is 6.37. The Hall–Kier alpha value is -3.83. The minimum absolute atomic E-state index is 0.213. The number of carbonyl (C=O) groups is 2. The molecule has 2 aromatic heterocycles. The summed E-state index contributed by atoms with van der Waals surface area (Å²) in [6, 6.07) is 11.3. The number of amides is 2. The quantitative estimate of drug-likeness (QED) is 0.246. The number of aromatic nitrogens is 3. The number of hydrogen-bond acceptors (Lipinski definition) is 9. The molecule has 1 aromatic carbocycles. The molecule has 0 bridgehead atoms. The molecule has 0 radical (unpaired) electrons. The summed E-state index contributed by atoms with van der Waals surface area (Å²) in [4.78, 5) is 42.5. The van der Waals surface area contributed by atoms with Crippen molar-refractivity contribution in [3.8, 4) is 10.4 Å². The third-order valence-electron chi connectivity index (χ3n) is 5.41. The van der Waals surface area contributed by atoms with E-state index < -0.39 is 6.04 Å². The number of hydrogen-bond donors (Lipinski definition) is 3. The molecular formula is C26H34N8O2S. The van der Waals surface area contributed by atoms with Crippen LogP contribution >= 0.6 is 11.3 Å². The topological polar surface area (TPSA) is 115 Å². The molecule has 2 amide bonds. The molecule has 1 unspecified atom stereocenters. The van der Waals surface area contributed by atoms with Crippen LogP contribution in [0, 0.1) is 6.92 Å². The molecule has 37 heavy (non-hydrogen) atoms. The van der Waals surface area contributed by atoms with Gasteiger partial charge in [-0.2, -0.15) is 0 Å². The standard InChI is InChI=1S/C26H34N8O2S/c1-18(34(5)24(35)12-9-15-33(3)4)25(36)28-14-13-27-22-16-23(31-19(2)30-22)32-26-29-17-21(37-26)20-10-7-6-8-11-20/h6-12,16-18H,13-15H2,1-5H3,(H,28,36)(H2,27,29,30,31,32)/b12-9+. The SMILES string of the molecule is Cc1nc(NCCNC(=O)C(C)N(C)C(=O)/C=C/CN(C)C)cc(Nc2ncc(-c3ccccc3)s2)n1. The second-order valence-corrected chi connectivity index (χ2v) is 9.74. The minimum Gasteiger partial charge on any atom is -0.368 e. The third kappa shape index (κ3) is 8.65. The Morgan fingerprint density at radius 3 is 2.54 bits per heavy atom. The van der Waals surface area contributed by atoms with Gasteiger partial charge in [-0.3, -0.25) is 9.59 Å². The highest BCUT2D eigenvalue weighted by Crippen LogP contribution is 2.30. The summed E-state index contributed by atoms with van der Waals surface area (Å²) in [6.07, 6.45) is 5.10. The number of benzene rings is 1. The Kier molecular flexibility index (Phi) is 10.1. The molecule has 0 spiro atoms. The number of nitrogens with zero attached hydrogens (tertiary/aromatic N) is 5. The first kappa shape index (κ1) is 27.8. The number of likely N-dealkylation sites (N-methyl/N-ethyl adjacent to an activating group) is 2. The van der Waals surface area contributed by atoms with E-state index in [-0.39, 0.29) is 11.8 Å². The molecule has 0 saturated heterocycles. The normalized spacial score (nSPS) is 11.9. The first-order chi connectivity index (χ1) is 17.7. The summed E-state index contributed by atoms with van der Waals surface area (Å²) in [5.41, 5.74) is 1.11. The van der Waals surface area contributed by atoms with E-state index in [9.17, 15) is 9.59 Å². The van der Waals surface area contributed by atoms with Crippen LogP contribution in [0.4, 0.5) is 16.8 Å². The number of thiazole rings is 1. The van der Waals surface area contributed by atoms with Crippen molar-refractivity contribution < 1.29 is 9.59 Å². The average Bonchev–Trinajstić information content (AvgIpc) is 3.34. The molecule has 10 nitrogen and oxygen atoms in total. The number of nitrogens with one attached hydrogen (secondary N) is 3. The fraction of sp³-hybridized carbons (Fsp3) is 0.346. The zero-order valence-electron chi connectivity index (χ0n) is 21.9. The summed E-state index contributed by atoms with van der Waals surface area (Å²) in [5, 5.41) is 10.0. The van der Waals surface area contributed by atoms with Crippen LogP contribution < -0.4 is 16.0 Å². The van der Waals surface area contributed by atoms with E-state index in [1.54, 1.807) is 37.5 Å². The van der Waals surface area contributed by atoms with Crippen LogP contribution in [0.25, 0.3) is 10.4 Å². The maximum atomic E-state index is 12.5. The van der Waals surface area contributed by atoms with Crippen molar-refractivity contribution in [1.82, 2.24) is 30.1 Å². The smallest absolute Gasteiger partial charge is 0.246 e. The number of carbonyl (C=O) groups excluding carboxylic acids is 2. The van der Waals surface area contributed by atoms with Crippen molar-refractivity contribution in [3.63, 3.8) is 0 Å². The van der Waals surface area contributed by atoms with Gasteiger partial charge in [-0.1, -0.05) is 47.7 Å². The van der Waals surface area contributed by atoms with Gasteiger partial charge in [-0.15, -0.1) is 0 Å². The van der Waals surface area contributed by atoms with E-state index in [4.69, 9.17) is 0 Å². The molecule has 2 heterocycles. The van der Waals surface area contributed by atoms with Crippen LogP contribution in [-0.2, 0) is 9.59 Å². The molecule has 0 saturated carbocycles. The zero-order chi connectivity index (χ0) is 26.8. The van der Waals surface area contributed by atoms with Crippen LogP contribution in [0.15, 0.2) is 54.7 Å². The van der Waals surface area contributed by atoms with E-state index in [0.717, 1.165) is 15.6 Å². The Balaban J connectivity index is 1.48. The van der Waals surface area contributed by atoms with Gasteiger partial charge in [0.25, 0.3) is 0 Å². The summed E-state index contributed by atoms with van der Waals surface area (Å²) < 4.78 is 0. The van der Waals surface area contributed by atoms with E-state index >= 15 is 0 Å². The maximum Gasteiger partial charge on any atom is 0.246 e. The predicted octanol–water partition coefficient (Wildman–Crippen LogP) is 3.14. The summed E-state index contributed by atoms with van der Waals surface area (Å²) in [5.74, 6) is 1.43. The van der Waals surface area contributed by atoms with E-state index in [1.165, 1.54) is 11.0 Å². The molecule has 3 rings (SSSR count). The first-order valence-corrected chi connectivity index (χ1v) is 12.8. The van der Waals surface area contributed by atoms with Crippen LogP contribution in [0.1, 0.15) is 12.7 Å². The van der Waals surface area contributed by atoms with Gasteiger partial charge in [0.1, 0.15) is 23.5 Å². The molecule has 0 aliphatic heterocycles. The lowest BCUT2D eigenvalue weighted by Crippen LogP contribution is -2.46. The molecule has 11 heteroatoms. The Labute approximate surface area is 221 Å². The molecule has 0 aliphatic carbocycles. The maximum absolute atomic E-state index is 12.5. The highest BCUT2D eigenvalue weighted by atomic mass is 32.1. The van der Waals surface area contributed by atoms with Crippen LogP contribution in [0.2, 0.25) is 0 Å². The van der Waals surface area contributed by atoms with Gasteiger partial charge in [0.2, 0.25) is 11.8 Å². The highest BCUT2D eigenvalue weighted by molar-refractivity contribution is 7.18. The minimum atomic E-state index is -0.590. The lowest BCUT2D eigenvalue weighted by Gasteiger charge is -2.23. The number of aryl methyl sites for hydroxylation is 1. The van der Waals surface area contributed by atoms with Gasteiger partial charge in [-0.05, 0) is 33.5 Å². The fourth-order valence-electron chi connectivity index (χ4n) is 3.27. The summed E-state index contributed by atoms with van der Waals surface area (Å²) in [6.45, 7) is 5.01. The molecule has 0 fully saturated rings. The van der Waals surface area contributed by atoms with Crippen LogP contribution in [0.5, 0.6) is 0 Å². The molecular weight excluding hydrogens is 488 g/mol. The van der Waals surface area contributed by atoms with Gasteiger partial charge in [0.15, 0.2) is 5.13 Å². The van der Waals surface area contributed by atoms with E-state index in [2.05, 4.69) is 30.9 Å². The second-order valence-electron chi connectivity index (χ2n) is 8.71. The first-order valence-electron chi connectivity index (χ1n) is 12.0. The number of anilines is 3. The van der Waals surface area contributed by atoms with Crippen LogP contribution in [0.3, 0.4) is 0 Å². The Morgan fingerprint density at radius 2 is 1.81 bits per heavy atom. The summed E-state index contributed by atoms with van der Waals surface area (Å²) >= 11 is 1.54. The molecule has 1 atom stereocenters. The second kappa shape index (κ2) is 13.5. The van der Waals surface area contributed by atoms with Gasteiger partial charge in [-0.25, -0.2) is 15.0 Å². The van der Waals surface area contributed by atoms with Crippen molar-refractivity contribution in [2.75, 3.05) is 51.4 Å². The van der Waals surface area contributed by atoms with Crippen LogP contribution in [-0.4, -0.2) is 83.4 Å². The molecule has 0 aliphatic rings. The Bertz CT molecular complexity index is 1210. The average molecular weight is 523 g/mol. The highest BCUT2D eigenvalue weighted by Gasteiger charge is 2.20. The number of rotatable bonds is 12. The van der Waals surface area contributed by atoms with Crippen molar-refractivity contribution >= 4 is 39.9 Å². The van der Waals surface area contributed by atoms with Crippen molar-refractivity contribution in [1.29, 1.82) is 0 Å². The monoisotopic (exact) mass is 522 g/mol. The largest absolute Gasteiger partial charge is 0.368 e.